The maximum atomic E-state index is 5.34. The third-order valence-corrected chi connectivity index (χ3v) is 2.65. The Hall–Kier alpha value is -1.19. The summed E-state index contributed by atoms with van der Waals surface area (Å²) in [4.78, 5) is 3.69. The second-order valence-electron chi connectivity index (χ2n) is 2.73. The zero-order valence-electron chi connectivity index (χ0n) is 7.11. The van der Waals surface area contributed by atoms with Crippen LogP contribution in [0, 0.1) is 24.7 Å². The summed E-state index contributed by atoms with van der Waals surface area (Å²) in [6, 6.07) is -0.181. The van der Waals surface area contributed by atoms with Crippen molar-refractivity contribution in [3.8, 4) is 24.7 Å². The molecule has 12 heavy (non-hydrogen) atoms. The molecule has 1 fully saturated rings. The van der Waals surface area contributed by atoms with E-state index in [1.165, 1.54) is 0 Å². The van der Waals surface area contributed by atoms with E-state index in [-0.39, 0.29) is 12.1 Å². The molecule has 1 rings (SSSR count). The Balaban J connectivity index is 2.99. The molecule has 2 unspecified atom stereocenters. The van der Waals surface area contributed by atoms with Crippen molar-refractivity contribution < 1.29 is 0 Å². The first-order valence-electron chi connectivity index (χ1n) is 3.55. The van der Waals surface area contributed by atoms with Crippen LogP contribution in [-0.4, -0.2) is 41.1 Å². The van der Waals surface area contributed by atoms with Gasteiger partial charge in [0.05, 0.1) is 0 Å². The summed E-state index contributed by atoms with van der Waals surface area (Å²) >= 11 is 5.11. The van der Waals surface area contributed by atoms with E-state index in [1.54, 1.807) is 0 Å². The molecule has 2 nitrogen and oxygen atoms in total. The third-order valence-electron chi connectivity index (χ3n) is 2.08. The number of terminal acetylenes is 2. The van der Waals surface area contributed by atoms with Gasteiger partial charge in [-0.15, -0.1) is 12.8 Å². The average molecular weight is 178 g/mol. The van der Waals surface area contributed by atoms with E-state index < -0.39 is 0 Å². The molecule has 1 aliphatic rings. The van der Waals surface area contributed by atoms with Crippen molar-refractivity contribution in [2.45, 2.75) is 12.1 Å². The highest BCUT2D eigenvalue weighted by Gasteiger charge is 2.36. The molecule has 62 valence electrons. The molecule has 0 aromatic rings. The van der Waals surface area contributed by atoms with Gasteiger partial charge in [-0.2, -0.15) is 0 Å². The summed E-state index contributed by atoms with van der Waals surface area (Å²) in [6.45, 7) is 0. The van der Waals surface area contributed by atoms with Gasteiger partial charge in [0.15, 0.2) is 5.11 Å². The van der Waals surface area contributed by atoms with Gasteiger partial charge in [0.2, 0.25) is 0 Å². The Morgan fingerprint density at radius 2 is 1.50 bits per heavy atom. The van der Waals surface area contributed by atoms with Gasteiger partial charge in [-0.25, -0.2) is 0 Å². The van der Waals surface area contributed by atoms with Crippen LogP contribution >= 0.6 is 12.2 Å². The molecule has 2 atom stereocenters. The van der Waals surface area contributed by atoms with Crippen LogP contribution in [0.1, 0.15) is 0 Å². The summed E-state index contributed by atoms with van der Waals surface area (Å²) in [5, 5.41) is 0.709. The van der Waals surface area contributed by atoms with Gasteiger partial charge in [0.25, 0.3) is 0 Å². The largest absolute Gasteiger partial charge is 0.335 e. The van der Waals surface area contributed by atoms with Crippen molar-refractivity contribution in [3.05, 3.63) is 0 Å². The molecule has 0 radical (unpaired) electrons. The molecule has 0 bridgehead atoms. The summed E-state index contributed by atoms with van der Waals surface area (Å²) < 4.78 is 0. The highest BCUT2D eigenvalue weighted by Crippen LogP contribution is 2.18. The van der Waals surface area contributed by atoms with E-state index in [9.17, 15) is 0 Å². The Kier molecular flexibility index (Phi) is 2.26. The van der Waals surface area contributed by atoms with Gasteiger partial charge in [0, 0.05) is 14.1 Å². The molecular weight excluding hydrogens is 168 g/mol. The highest BCUT2D eigenvalue weighted by molar-refractivity contribution is 7.80. The summed E-state index contributed by atoms with van der Waals surface area (Å²) in [7, 11) is 3.72. The molecule has 0 aliphatic carbocycles. The fraction of sp³-hybridized carbons (Fsp3) is 0.444. The van der Waals surface area contributed by atoms with Crippen LogP contribution in [0.5, 0.6) is 0 Å². The zero-order valence-corrected chi connectivity index (χ0v) is 7.93. The summed E-state index contributed by atoms with van der Waals surface area (Å²) in [5.74, 6) is 5.26. The van der Waals surface area contributed by atoms with Crippen molar-refractivity contribution in [3.63, 3.8) is 0 Å². The van der Waals surface area contributed by atoms with Crippen LogP contribution in [0.3, 0.4) is 0 Å². The molecular formula is C9H10N2S. The van der Waals surface area contributed by atoms with Crippen LogP contribution in [-0.2, 0) is 0 Å². The fourth-order valence-electron chi connectivity index (χ4n) is 1.32. The Morgan fingerprint density at radius 3 is 1.75 bits per heavy atom. The van der Waals surface area contributed by atoms with Crippen LogP contribution in [0.2, 0.25) is 0 Å². The van der Waals surface area contributed by atoms with E-state index in [4.69, 9.17) is 25.1 Å². The molecule has 0 N–H and O–H groups in total. The lowest BCUT2D eigenvalue weighted by molar-refractivity contribution is 0.423. The fourth-order valence-corrected chi connectivity index (χ4v) is 1.54. The molecule has 0 spiro atoms. The van der Waals surface area contributed by atoms with Gasteiger partial charge in [-0.05, 0) is 12.2 Å². The minimum Gasteiger partial charge on any atom is -0.335 e. The van der Waals surface area contributed by atoms with Crippen molar-refractivity contribution in [1.29, 1.82) is 0 Å². The molecule has 3 heteroatoms. The second kappa shape index (κ2) is 3.05. The third kappa shape index (κ3) is 1.03. The monoisotopic (exact) mass is 178 g/mol. The standard InChI is InChI=1S/C9H10N2S/c1-5-7-8(6-2)11(4)9(12)10(7)3/h1-2,7-8H,3-4H3. The van der Waals surface area contributed by atoms with Crippen molar-refractivity contribution in [2.24, 2.45) is 0 Å². The van der Waals surface area contributed by atoms with Gasteiger partial charge < -0.3 is 9.80 Å². The van der Waals surface area contributed by atoms with Crippen LogP contribution < -0.4 is 0 Å². The Labute approximate surface area is 78.5 Å². The van der Waals surface area contributed by atoms with Crippen LogP contribution in [0.15, 0.2) is 0 Å². The lowest BCUT2D eigenvalue weighted by atomic mass is 10.1. The van der Waals surface area contributed by atoms with Gasteiger partial charge >= 0.3 is 0 Å². The first-order chi connectivity index (χ1) is 5.63. The number of hydrogen-bond acceptors (Lipinski definition) is 1. The maximum Gasteiger partial charge on any atom is 0.173 e. The lowest BCUT2D eigenvalue weighted by Gasteiger charge is -2.14. The Bertz CT molecular complexity index is 256. The lowest BCUT2D eigenvalue weighted by Crippen LogP contribution is -2.32. The molecule has 0 aromatic carbocycles. The smallest absolute Gasteiger partial charge is 0.173 e. The van der Waals surface area contributed by atoms with E-state index >= 15 is 0 Å². The van der Waals surface area contributed by atoms with E-state index in [1.807, 2.05) is 23.9 Å². The maximum absolute atomic E-state index is 5.34. The predicted molar refractivity (Wildman–Crippen MR) is 53.4 cm³/mol. The minimum absolute atomic E-state index is 0.0903. The van der Waals surface area contributed by atoms with E-state index in [0.717, 1.165) is 0 Å². The molecule has 0 aromatic heterocycles. The van der Waals surface area contributed by atoms with Crippen molar-refractivity contribution in [2.75, 3.05) is 14.1 Å². The Morgan fingerprint density at radius 1 is 1.17 bits per heavy atom. The molecule has 0 amide bonds. The molecule has 1 saturated heterocycles. The molecule has 1 heterocycles. The zero-order chi connectivity index (χ0) is 9.30. The number of rotatable bonds is 0. The quantitative estimate of drug-likeness (QED) is 0.385. The van der Waals surface area contributed by atoms with Gasteiger partial charge in [-0.3, -0.25) is 0 Å². The van der Waals surface area contributed by atoms with E-state index in [2.05, 4.69) is 11.8 Å². The average Bonchev–Trinajstić information content (AvgIpc) is 2.29. The van der Waals surface area contributed by atoms with Crippen molar-refractivity contribution >= 4 is 17.3 Å². The number of thiocarbonyl (C=S) groups is 1. The first-order valence-corrected chi connectivity index (χ1v) is 3.96. The summed E-state index contributed by atoms with van der Waals surface area (Å²) in [5.41, 5.74) is 0. The van der Waals surface area contributed by atoms with Crippen LogP contribution in [0.4, 0.5) is 0 Å². The van der Waals surface area contributed by atoms with Crippen molar-refractivity contribution in [1.82, 2.24) is 9.80 Å². The topological polar surface area (TPSA) is 6.48 Å². The molecule has 1 aliphatic heterocycles. The first kappa shape index (κ1) is 8.90. The normalized spacial score (nSPS) is 28.5. The number of hydrogen-bond donors (Lipinski definition) is 0. The predicted octanol–water partition coefficient (Wildman–Crippen LogP) is 0.152. The highest BCUT2D eigenvalue weighted by atomic mass is 32.1. The van der Waals surface area contributed by atoms with Crippen LogP contribution in [0.25, 0.3) is 0 Å². The van der Waals surface area contributed by atoms with Gasteiger partial charge in [0.1, 0.15) is 12.1 Å². The van der Waals surface area contributed by atoms with Gasteiger partial charge in [-0.1, -0.05) is 11.8 Å². The van der Waals surface area contributed by atoms with E-state index in [0.29, 0.717) is 5.11 Å². The summed E-state index contributed by atoms with van der Waals surface area (Å²) in [6.07, 6.45) is 10.7. The molecule has 0 saturated carbocycles. The SMILES string of the molecule is C#CC1C(C#C)N(C)C(=S)N1C. The number of likely N-dealkylation sites (N-methyl/N-ethyl adjacent to an activating group) is 2. The number of nitrogens with zero attached hydrogens (tertiary/aromatic N) is 2. The second-order valence-corrected chi connectivity index (χ2v) is 3.09. The minimum atomic E-state index is -0.0903.